The Balaban J connectivity index is 1.73. The van der Waals surface area contributed by atoms with Crippen molar-refractivity contribution in [2.45, 2.75) is 6.92 Å². The fraction of sp³-hybridized carbons (Fsp3) is 0.148. The average molecular weight is 469 g/mol. The summed E-state index contributed by atoms with van der Waals surface area (Å²) in [5, 5.41) is 12.8. The number of benzene rings is 3. The zero-order valence-electron chi connectivity index (χ0n) is 20.0. The third-order valence-electron chi connectivity index (χ3n) is 5.83. The second-order valence-corrected chi connectivity index (χ2v) is 7.97. The number of rotatable bonds is 7. The average Bonchev–Trinajstić information content (AvgIpc) is 3.35. The molecule has 0 atom stereocenters. The third kappa shape index (κ3) is 4.21. The highest BCUT2D eigenvalue weighted by Crippen LogP contribution is 2.37. The number of hydrogen-bond acceptors (Lipinski definition) is 6. The van der Waals surface area contributed by atoms with E-state index >= 15 is 0 Å². The number of pyridine rings is 1. The predicted molar refractivity (Wildman–Crippen MR) is 135 cm³/mol. The molecular weight excluding hydrogens is 442 g/mol. The fourth-order valence-electron chi connectivity index (χ4n) is 4.16. The van der Waals surface area contributed by atoms with Gasteiger partial charge in [0.15, 0.2) is 11.5 Å². The predicted octanol–water partition coefficient (Wildman–Crippen LogP) is 4.98. The Hall–Kier alpha value is -4.59. The van der Waals surface area contributed by atoms with Gasteiger partial charge < -0.3 is 19.5 Å². The Morgan fingerprint density at radius 1 is 0.829 bits per heavy atom. The van der Waals surface area contributed by atoms with Gasteiger partial charge in [-0.1, -0.05) is 18.2 Å². The Morgan fingerprint density at radius 2 is 1.54 bits per heavy atom. The van der Waals surface area contributed by atoms with E-state index in [4.69, 9.17) is 19.2 Å². The van der Waals surface area contributed by atoms with Crippen LogP contribution in [0.3, 0.4) is 0 Å². The topological polar surface area (TPSA) is 85.2 Å². The highest BCUT2D eigenvalue weighted by atomic mass is 16.5. The Bertz CT molecular complexity index is 1480. The summed E-state index contributed by atoms with van der Waals surface area (Å²) in [5.41, 5.74) is 3.78. The second-order valence-electron chi connectivity index (χ2n) is 7.97. The van der Waals surface area contributed by atoms with Crippen LogP contribution in [0.15, 0.2) is 72.8 Å². The first-order valence-electron chi connectivity index (χ1n) is 11.1. The summed E-state index contributed by atoms with van der Waals surface area (Å²) in [7, 11) is 4.93. The molecule has 2 heterocycles. The normalized spacial score (nSPS) is 10.9. The first kappa shape index (κ1) is 22.2. The summed E-state index contributed by atoms with van der Waals surface area (Å²) >= 11 is 0. The van der Waals surface area contributed by atoms with Crippen LogP contribution in [0, 0.1) is 6.92 Å². The molecule has 0 unspecified atom stereocenters. The van der Waals surface area contributed by atoms with E-state index in [0.717, 1.165) is 39.2 Å². The van der Waals surface area contributed by atoms with Crippen molar-refractivity contribution in [3.63, 3.8) is 0 Å². The minimum Gasteiger partial charge on any atom is -0.497 e. The number of aromatic amines is 1. The molecule has 0 saturated carbocycles. The summed E-state index contributed by atoms with van der Waals surface area (Å²) in [4.78, 5) is 4.74. The van der Waals surface area contributed by atoms with Crippen molar-refractivity contribution in [1.29, 1.82) is 0 Å². The molecule has 8 heteroatoms. The van der Waals surface area contributed by atoms with E-state index in [0.29, 0.717) is 23.4 Å². The lowest BCUT2D eigenvalue weighted by Crippen LogP contribution is -2.38. The van der Waals surface area contributed by atoms with Gasteiger partial charge in [0.05, 0.1) is 27.0 Å². The number of para-hydroxylation sites is 1. The lowest BCUT2D eigenvalue weighted by Gasteiger charge is -2.15. The van der Waals surface area contributed by atoms with E-state index in [1.807, 2.05) is 78.2 Å². The van der Waals surface area contributed by atoms with Gasteiger partial charge in [-0.2, -0.15) is 9.67 Å². The zero-order valence-corrected chi connectivity index (χ0v) is 20.0. The molecule has 0 fully saturated rings. The number of nitrogens with one attached hydrogen (secondary N) is 2. The van der Waals surface area contributed by atoms with Crippen molar-refractivity contribution < 1.29 is 18.8 Å². The SMILES string of the molecule is COc1ccc(-c2c3cc(OC)c(OC)cc3cc(C)[n+]2-c2n[nH]c(Nc3ccccc3)n2)cc1. The van der Waals surface area contributed by atoms with Crippen LogP contribution in [0.4, 0.5) is 11.6 Å². The molecule has 0 spiro atoms. The van der Waals surface area contributed by atoms with Crippen LogP contribution in [0.2, 0.25) is 0 Å². The lowest BCUT2D eigenvalue weighted by atomic mass is 10.0. The van der Waals surface area contributed by atoms with Gasteiger partial charge in [0.2, 0.25) is 0 Å². The van der Waals surface area contributed by atoms with Crippen LogP contribution in [0.25, 0.3) is 28.0 Å². The fourth-order valence-corrected chi connectivity index (χ4v) is 4.16. The first-order chi connectivity index (χ1) is 17.1. The third-order valence-corrected chi connectivity index (χ3v) is 5.83. The number of ether oxygens (including phenoxy) is 3. The quantitative estimate of drug-likeness (QED) is 0.328. The van der Waals surface area contributed by atoms with Crippen LogP contribution in [-0.4, -0.2) is 36.5 Å². The molecular formula is C27H26N5O3+. The molecule has 35 heavy (non-hydrogen) atoms. The van der Waals surface area contributed by atoms with Crippen LogP contribution in [0.5, 0.6) is 17.2 Å². The smallest absolute Gasteiger partial charge is 0.462 e. The summed E-state index contributed by atoms with van der Waals surface area (Å²) in [5.74, 6) is 3.16. The first-order valence-corrected chi connectivity index (χ1v) is 11.1. The largest absolute Gasteiger partial charge is 0.497 e. The van der Waals surface area contributed by atoms with Gasteiger partial charge >= 0.3 is 11.9 Å². The van der Waals surface area contributed by atoms with Gasteiger partial charge in [0.1, 0.15) is 11.4 Å². The molecule has 176 valence electrons. The van der Waals surface area contributed by atoms with Crippen molar-refractivity contribution in [3.8, 4) is 34.5 Å². The summed E-state index contributed by atoms with van der Waals surface area (Å²) in [6.45, 7) is 2.03. The van der Waals surface area contributed by atoms with Gasteiger partial charge in [-0.3, -0.25) is 0 Å². The number of aryl methyl sites for hydroxylation is 1. The number of nitrogens with zero attached hydrogens (tertiary/aromatic N) is 3. The van der Waals surface area contributed by atoms with E-state index in [2.05, 4.69) is 21.6 Å². The maximum absolute atomic E-state index is 5.62. The molecule has 0 aliphatic heterocycles. The van der Waals surface area contributed by atoms with Gasteiger partial charge in [0, 0.05) is 21.7 Å². The van der Waals surface area contributed by atoms with Crippen molar-refractivity contribution in [2.24, 2.45) is 0 Å². The van der Waals surface area contributed by atoms with Crippen molar-refractivity contribution >= 4 is 22.4 Å². The molecule has 0 radical (unpaired) electrons. The molecule has 5 rings (SSSR count). The highest BCUT2D eigenvalue weighted by molar-refractivity contribution is 5.95. The molecule has 0 aliphatic carbocycles. The van der Waals surface area contributed by atoms with E-state index in [9.17, 15) is 0 Å². The number of fused-ring (bicyclic) bond motifs is 1. The Labute approximate surface area is 203 Å². The van der Waals surface area contributed by atoms with Crippen LogP contribution in [0.1, 0.15) is 5.69 Å². The summed E-state index contributed by atoms with van der Waals surface area (Å²) in [6.07, 6.45) is 0. The molecule has 0 saturated heterocycles. The van der Waals surface area contributed by atoms with E-state index in [1.54, 1.807) is 21.3 Å². The van der Waals surface area contributed by atoms with Crippen molar-refractivity contribution in [2.75, 3.05) is 26.6 Å². The molecule has 0 bridgehead atoms. The molecule has 3 aromatic carbocycles. The lowest BCUT2D eigenvalue weighted by molar-refractivity contribution is -0.597. The molecule has 2 N–H and O–H groups in total. The van der Waals surface area contributed by atoms with Gasteiger partial charge in [-0.05, 0) is 71.9 Å². The number of H-pyrrole nitrogens is 1. The van der Waals surface area contributed by atoms with Gasteiger partial charge in [-0.15, -0.1) is 0 Å². The maximum atomic E-state index is 5.62. The zero-order chi connectivity index (χ0) is 24.4. The highest BCUT2D eigenvalue weighted by Gasteiger charge is 2.25. The van der Waals surface area contributed by atoms with E-state index in [-0.39, 0.29) is 0 Å². The van der Waals surface area contributed by atoms with Crippen molar-refractivity contribution in [3.05, 3.63) is 78.5 Å². The van der Waals surface area contributed by atoms with Gasteiger partial charge in [-0.25, -0.2) is 0 Å². The number of hydrogen-bond donors (Lipinski definition) is 2. The molecule has 0 aliphatic rings. The monoisotopic (exact) mass is 468 g/mol. The molecule has 0 amide bonds. The van der Waals surface area contributed by atoms with E-state index < -0.39 is 0 Å². The molecule has 2 aromatic heterocycles. The molecule has 8 nitrogen and oxygen atoms in total. The minimum absolute atomic E-state index is 0.517. The maximum Gasteiger partial charge on any atom is 0.462 e. The van der Waals surface area contributed by atoms with Crippen LogP contribution in [-0.2, 0) is 0 Å². The van der Waals surface area contributed by atoms with E-state index in [1.165, 1.54) is 0 Å². The summed E-state index contributed by atoms with van der Waals surface area (Å²) < 4.78 is 18.6. The van der Waals surface area contributed by atoms with Crippen molar-refractivity contribution in [1.82, 2.24) is 15.2 Å². The second kappa shape index (κ2) is 9.34. The minimum atomic E-state index is 0.517. The number of anilines is 2. The van der Waals surface area contributed by atoms with Crippen LogP contribution < -0.4 is 24.1 Å². The Kier molecular flexibility index (Phi) is 5.93. The number of methoxy groups -OCH3 is 3. The standard InChI is InChI=1S/C27H26N5O3/c1-17-14-19-15-23(34-3)24(35-4)16-22(19)25(18-10-12-21(33-2)13-11-18)32(17)27-29-26(30-31-27)28-20-8-6-5-7-9-20/h5-16H,1-4H3,(H2,28,29,30,31)/q+1. The summed E-state index contributed by atoms with van der Waals surface area (Å²) in [6, 6.07) is 23.8. The number of aromatic nitrogens is 4. The Morgan fingerprint density at radius 3 is 2.23 bits per heavy atom. The van der Waals surface area contributed by atoms with Gasteiger partial charge in [0.25, 0.3) is 0 Å². The molecule has 5 aromatic rings. The van der Waals surface area contributed by atoms with Crippen LogP contribution >= 0.6 is 0 Å².